The van der Waals surface area contributed by atoms with Gasteiger partial charge < -0.3 is 10.1 Å². The zero-order chi connectivity index (χ0) is 20.2. The van der Waals surface area contributed by atoms with Crippen LogP contribution in [0.5, 0.6) is 5.75 Å². The SMILES string of the molecule is COc1ccc(-c2cc(C(=O)Nc3cccc(SC)c3)c3ccccc3n2)cc1. The maximum Gasteiger partial charge on any atom is 0.256 e. The summed E-state index contributed by atoms with van der Waals surface area (Å²) in [5.41, 5.74) is 3.82. The monoisotopic (exact) mass is 400 g/mol. The van der Waals surface area contributed by atoms with Crippen molar-refractivity contribution >= 4 is 34.3 Å². The Bertz CT molecular complexity index is 1170. The smallest absolute Gasteiger partial charge is 0.256 e. The first-order chi connectivity index (χ1) is 14.2. The molecule has 0 unspecified atom stereocenters. The average Bonchev–Trinajstić information content (AvgIpc) is 2.78. The Kier molecular flexibility index (Phi) is 5.49. The Hall–Kier alpha value is -3.31. The molecule has 4 nitrogen and oxygen atoms in total. The van der Waals surface area contributed by atoms with Gasteiger partial charge in [0.15, 0.2) is 0 Å². The largest absolute Gasteiger partial charge is 0.497 e. The molecular weight excluding hydrogens is 380 g/mol. The molecule has 144 valence electrons. The number of aromatic nitrogens is 1. The zero-order valence-corrected chi connectivity index (χ0v) is 17.0. The van der Waals surface area contributed by atoms with Crippen molar-refractivity contribution in [2.24, 2.45) is 0 Å². The molecule has 4 aromatic rings. The lowest BCUT2D eigenvalue weighted by Gasteiger charge is -2.11. The number of carbonyl (C=O) groups is 1. The van der Waals surface area contributed by atoms with Crippen LogP contribution in [-0.2, 0) is 0 Å². The Morgan fingerprint density at radius 3 is 2.52 bits per heavy atom. The van der Waals surface area contributed by atoms with Gasteiger partial charge >= 0.3 is 0 Å². The van der Waals surface area contributed by atoms with Crippen LogP contribution in [0.3, 0.4) is 0 Å². The third-order valence-electron chi connectivity index (χ3n) is 4.67. The molecule has 1 aromatic heterocycles. The molecular formula is C24H20N2O2S. The van der Waals surface area contributed by atoms with Gasteiger partial charge in [0.1, 0.15) is 5.75 Å². The van der Waals surface area contributed by atoms with E-state index in [-0.39, 0.29) is 5.91 Å². The molecule has 0 bridgehead atoms. The lowest BCUT2D eigenvalue weighted by molar-refractivity contribution is 0.102. The minimum Gasteiger partial charge on any atom is -0.497 e. The Labute approximate surface area is 173 Å². The summed E-state index contributed by atoms with van der Waals surface area (Å²) < 4.78 is 5.24. The number of fused-ring (bicyclic) bond motifs is 1. The van der Waals surface area contributed by atoms with Crippen LogP contribution in [-0.4, -0.2) is 24.3 Å². The van der Waals surface area contributed by atoms with Gasteiger partial charge in [0, 0.05) is 21.5 Å². The molecule has 0 spiro atoms. The van der Waals surface area contributed by atoms with Gasteiger partial charge in [0.2, 0.25) is 0 Å². The molecule has 0 aliphatic rings. The second-order valence-electron chi connectivity index (χ2n) is 6.49. The number of nitrogens with zero attached hydrogens (tertiary/aromatic N) is 1. The van der Waals surface area contributed by atoms with Crippen molar-refractivity contribution in [2.45, 2.75) is 4.90 Å². The maximum absolute atomic E-state index is 13.1. The topological polar surface area (TPSA) is 51.2 Å². The number of hydrogen-bond acceptors (Lipinski definition) is 4. The lowest BCUT2D eigenvalue weighted by Crippen LogP contribution is -2.13. The van der Waals surface area contributed by atoms with E-state index in [9.17, 15) is 4.79 Å². The van der Waals surface area contributed by atoms with Gasteiger partial charge in [-0.1, -0.05) is 24.3 Å². The number of nitrogens with one attached hydrogen (secondary N) is 1. The summed E-state index contributed by atoms with van der Waals surface area (Å²) in [6, 6.07) is 25.0. The van der Waals surface area contributed by atoms with Crippen LogP contribution in [0.1, 0.15) is 10.4 Å². The van der Waals surface area contributed by atoms with Gasteiger partial charge in [-0.25, -0.2) is 4.98 Å². The van der Waals surface area contributed by atoms with Crippen LogP contribution in [0, 0.1) is 0 Å². The van der Waals surface area contributed by atoms with Gasteiger partial charge in [0.05, 0.1) is 23.9 Å². The fraction of sp³-hybridized carbons (Fsp3) is 0.0833. The molecule has 0 saturated carbocycles. The van der Waals surface area contributed by atoms with Crippen LogP contribution in [0.4, 0.5) is 5.69 Å². The molecule has 0 radical (unpaired) electrons. The van der Waals surface area contributed by atoms with Crippen molar-refractivity contribution < 1.29 is 9.53 Å². The highest BCUT2D eigenvalue weighted by atomic mass is 32.2. The van der Waals surface area contributed by atoms with E-state index < -0.39 is 0 Å². The van der Waals surface area contributed by atoms with Crippen molar-refractivity contribution in [1.82, 2.24) is 4.98 Å². The van der Waals surface area contributed by atoms with Gasteiger partial charge in [0.25, 0.3) is 5.91 Å². The number of para-hydroxylation sites is 1. The standard InChI is InChI=1S/C24H20N2O2S/c1-28-18-12-10-16(11-13-18)23-15-21(20-8-3-4-9-22(20)26-23)24(27)25-17-6-5-7-19(14-17)29-2/h3-15H,1-2H3,(H,25,27). The highest BCUT2D eigenvalue weighted by Gasteiger charge is 2.14. The van der Waals surface area contributed by atoms with Crippen LogP contribution >= 0.6 is 11.8 Å². The van der Waals surface area contributed by atoms with E-state index in [0.29, 0.717) is 5.56 Å². The molecule has 0 aliphatic carbocycles. The van der Waals surface area contributed by atoms with E-state index in [1.165, 1.54) is 0 Å². The van der Waals surface area contributed by atoms with Crippen molar-refractivity contribution in [3.63, 3.8) is 0 Å². The number of pyridine rings is 1. The first-order valence-electron chi connectivity index (χ1n) is 9.17. The third-order valence-corrected chi connectivity index (χ3v) is 5.40. The Balaban J connectivity index is 1.76. The number of anilines is 1. The van der Waals surface area contributed by atoms with Gasteiger partial charge in [-0.2, -0.15) is 0 Å². The number of methoxy groups -OCH3 is 1. The van der Waals surface area contributed by atoms with Crippen LogP contribution < -0.4 is 10.1 Å². The zero-order valence-electron chi connectivity index (χ0n) is 16.2. The molecule has 0 aliphatic heterocycles. The van der Waals surface area contributed by atoms with Crippen LogP contribution in [0.15, 0.2) is 83.8 Å². The van der Waals surface area contributed by atoms with E-state index in [2.05, 4.69) is 5.32 Å². The minimum atomic E-state index is -0.156. The minimum absolute atomic E-state index is 0.156. The van der Waals surface area contributed by atoms with Crippen LogP contribution in [0.2, 0.25) is 0 Å². The summed E-state index contributed by atoms with van der Waals surface area (Å²) in [6.45, 7) is 0. The average molecular weight is 401 g/mol. The number of amides is 1. The van der Waals surface area contributed by atoms with E-state index >= 15 is 0 Å². The summed E-state index contributed by atoms with van der Waals surface area (Å²) in [5, 5.41) is 3.84. The van der Waals surface area contributed by atoms with Crippen LogP contribution in [0.25, 0.3) is 22.2 Å². The molecule has 29 heavy (non-hydrogen) atoms. The van der Waals surface area contributed by atoms with Crippen molar-refractivity contribution in [3.8, 4) is 17.0 Å². The van der Waals surface area contributed by atoms with E-state index in [4.69, 9.17) is 9.72 Å². The molecule has 4 rings (SSSR count). The van der Waals surface area contributed by atoms with Crippen molar-refractivity contribution in [2.75, 3.05) is 18.7 Å². The molecule has 0 atom stereocenters. The number of rotatable bonds is 5. The number of hydrogen-bond donors (Lipinski definition) is 1. The molecule has 1 amide bonds. The van der Waals surface area contributed by atoms with Gasteiger partial charge in [-0.05, 0) is 60.9 Å². The third kappa shape index (κ3) is 4.10. The molecule has 3 aromatic carbocycles. The fourth-order valence-electron chi connectivity index (χ4n) is 3.17. The highest BCUT2D eigenvalue weighted by Crippen LogP contribution is 2.27. The molecule has 1 N–H and O–H groups in total. The lowest BCUT2D eigenvalue weighted by atomic mass is 10.0. The summed E-state index contributed by atoms with van der Waals surface area (Å²) in [7, 11) is 1.64. The molecule has 5 heteroatoms. The second kappa shape index (κ2) is 8.37. The first kappa shape index (κ1) is 19.0. The quantitative estimate of drug-likeness (QED) is 0.425. The summed E-state index contributed by atoms with van der Waals surface area (Å²) >= 11 is 1.64. The summed E-state index contributed by atoms with van der Waals surface area (Å²) in [6.07, 6.45) is 2.01. The van der Waals surface area contributed by atoms with E-state index in [0.717, 1.165) is 38.5 Å². The summed E-state index contributed by atoms with van der Waals surface area (Å²) in [5.74, 6) is 0.623. The predicted octanol–water partition coefficient (Wildman–Crippen LogP) is 5.88. The number of benzene rings is 3. The Morgan fingerprint density at radius 2 is 1.76 bits per heavy atom. The first-order valence-corrected chi connectivity index (χ1v) is 10.4. The summed E-state index contributed by atoms with van der Waals surface area (Å²) in [4.78, 5) is 19.0. The normalized spacial score (nSPS) is 10.7. The molecule has 0 saturated heterocycles. The highest BCUT2D eigenvalue weighted by molar-refractivity contribution is 7.98. The number of carbonyl (C=O) groups excluding carboxylic acids is 1. The van der Waals surface area contributed by atoms with Crippen molar-refractivity contribution in [3.05, 3.63) is 84.4 Å². The van der Waals surface area contributed by atoms with Gasteiger partial charge in [-0.15, -0.1) is 11.8 Å². The van der Waals surface area contributed by atoms with Gasteiger partial charge in [-0.3, -0.25) is 4.79 Å². The molecule has 1 heterocycles. The van der Waals surface area contributed by atoms with E-state index in [1.807, 2.05) is 85.1 Å². The van der Waals surface area contributed by atoms with Crippen molar-refractivity contribution in [1.29, 1.82) is 0 Å². The number of thioether (sulfide) groups is 1. The molecule has 0 fully saturated rings. The number of ether oxygens (including phenoxy) is 1. The second-order valence-corrected chi connectivity index (χ2v) is 7.37. The fourth-order valence-corrected chi connectivity index (χ4v) is 3.63. The predicted molar refractivity (Wildman–Crippen MR) is 120 cm³/mol. The Morgan fingerprint density at radius 1 is 0.966 bits per heavy atom. The maximum atomic E-state index is 13.1. The van der Waals surface area contributed by atoms with E-state index in [1.54, 1.807) is 18.9 Å².